The van der Waals surface area contributed by atoms with Crippen molar-refractivity contribution >= 4 is 11.6 Å². The molecule has 0 unspecified atom stereocenters. The fraction of sp³-hybridized carbons (Fsp3) is 0.625. The van der Waals surface area contributed by atoms with Gasteiger partial charge in [-0.2, -0.15) is 0 Å². The zero-order valence-electron chi connectivity index (χ0n) is 13.1. The van der Waals surface area contributed by atoms with Gasteiger partial charge in [-0.15, -0.1) is 0 Å². The van der Waals surface area contributed by atoms with Crippen LogP contribution in [0.3, 0.4) is 0 Å². The lowest BCUT2D eigenvalue weighted by atomic mass is 10.2. The summed E-state index contributed by atoms with van der Waals surface area (Å²) in [4.78, 5) is 18.3. The van der Waals surface area contributed by atoms with Gasteiger partial charge in [-0.3, -0.25) is 9.78 Å². The molecule has 5 nitrogen and oxygen atoms in total. The zero-order valence-corrected chi connectivity index (χ0v) is 13.1. The summed E-state index contributed by atoms with van der Waals surface area (Å²) in [5.41, 5.74) is 1.41. The van der Waals surface area contributed by atoms with Gasteiger partial charge in [-0.05, 0) is 38.9 Å². The average Bonchev–Trinajstić information content (AvgIpc) is 3.02. The van der Waals surface area contributed by atoms with E-state index in [1.165, 1.54) is 25.7 Å². The number of hydrogen-bond donors (Lipinski definition) is 2. The number of carbonyl (C=O) groups excluding carboxylic acids is 1. The molecule has 0 aliphatic heterocycles. The van der Waals surface area contributed by atoms with Gasteiger partial charge in [-0.1, -0.05) is 12.8 Å². The van der Waals surface area contributed by atoms with Gasteiger partial charge >= 0.3 is 0 Å². The number of rotatable bonds is 7. The molecule has 1 fully saturated rings. The third kappa shape index (κ3) is 4.70. The highest BCUT2D eigenvalue weighted by molar-refractivity contribution is 5.93. The molecule has 0 atom stereocenters. The predicted octanol–water partition coefficient (Wildman–Crippen LogP) is 2.12. The van der Waals surface area contributed by atoms with Crippen molar-refractivity contribution in [3.8, 4) is 0 Å². The summed E-state index contributed by atoms with van der Waals surface area (Å²) >= 11 is 0. The summed E-state index contributed by atoms with van der Waals surface area (Å²) in [7, 11) is 2.20. The predicted molar refractivity (Wildman–Crippen MR) is 85.6 cm³/mol. The van der Waals surface area contributed by atoms with E-state index in [2.05, 4.69) is 27.6 Å². The Morgan fingerprint density at radius 3 is 2.90 bits per heavy atom. The summed E-state index contributed by atoms with van der Waals surface area (Å²) in [6.07, 6.45) is 7.05. The molecule has 0 aromatic carbocycles. The molecule has 1 saturated carbocycles. The second-order valence-corrected chi connectivity index (χ2v) is 5.63. The van der Waals surface area contributed by atoms with Crippen LogP contribution in [0, 0.1) is 0 Å². The van der Waals surface area contributed by atoms with Crippen LogP contribution in [0.5, 0.6) is 0 Å². The Kier molecular flexibility index (Phi) is 5.99. The Morgan fingerprint density at radius 2 is 2.19 bits per heavy atom. The Morgan fingerprint density at radius 1 is 1.43 bits per heavy atom. The molecule has 0 radical (unpaired) electrons. The maximum Gasteiger partial charge on any atom is 0.269 e. The summed E-state index contributed by atoms with van der Waals surface area (Å²) in [6, 6.07) is 4.45. The van der Waals surface area contributed by atoms with Crippen LogP contribution in [-0.2, 0) is 0 Å². The van der Waals surface area contributed by atoms with E-state index in [1.54, 1.807) is 12.3 Å². The number of carbonyl (C=O) groups is 1. The normalized spacial score (nSPS) is 15.4. The first-order valence-corrected chi connectivity index (χ1v) is 7.89. The molecule has 2 rings (SSSR count). The van der Waals surface area contributed by atoms with Crippen LogP contribution in [0.25, 0.3) is 0 Å². The van der Waals surface area contributed by atoms with Crippen molar-refractivity contribution in [1.29, 1.82) is 0 Å². The minimum absolute atomic E-state index is 0.121. The number of pyridine rings is 1. The SMILES string of the molecule is CCNC(=O)c1cc(NCCN(C)C2CCCC2)ccn1. The Hall–Kier alpha value is -1.62. The molecule has 1 amide bonds. The Bertz CT molecular complexity index is 457. The van der Waals surface area contributed by atoms with Gasteiger partial charge in [0.1, 0.15) is 5.69 Å². The smallest absolute Gasteiger partial charge is 0.269 e. The molecule has 5 heteroatoms. The largest absolute Gasteiger partial charge is 0.384 e. The number of nitrogens with zero attached hydrogens (tertiary/aromatic N) is 2. The summed E-state index contributed by atoms with van der Waals surface area (Å²) in [5.74, 6) is -0.121. The highest BCUT2D eigenvalue weighted by Crippen LogP contribution is 2.22. The van der Waals surface area contributed by atoms with E-state index in [9.17, 15) is 4.79 Å². The van der Waals surface area contributed by atoms with Crippen LogP contribution in [0.4, 0.5) is 5.69 Å². The van der Waals surface area contributed by atoms with E-state index >= 15 is 0 Å². The van der Waals surface area contributed by atoms with E-state index in [1.807, 2.05) is 13.0 Å². The number of aromatic nitrogens is 1. The maximum atomic E-state index is 11.7. The van der Waals surface area contributed by atoms with Crippen LogP contribution in [-0.4, -0.2) is 48.5 Å². The maximum absolute atomic E-state index is 11.7. The van der Waals surface area contributed by atoms with Crippen molar-refractivity contribution < 1.29 is 4.79 Å². The first-order valence-electron chi connectivity index (χ1n) is 7.89. The monoisotopic (exact) mass is 290 g/mol. The van der Waals surface area contributed by atoms with E-state index in [-0.39, 0.29) is 5.91 Å². The van der Waals surface area contributed by atoms with Crippen LogP contribution in [0.2, 0.25) is 0 Å². The van der Waals surface area contributed by atoms with Crippen molar-refractivity contribution in [1.82, 2.24) is 15.2 Å². The van der Waals surface area contributed by atoms with E-state index in [4.69, 9.17) is 0 Å². The second-order valence-electron chi connectivity index (χ2n) is 5.63. The third-order valence-corrected chi connectivity index (χ3v) is 4.07. The second kappa shape index (κ2) is 7.98. The fourth-order valence-electron chi connectivity index (χ4n) is 2.82. The van der Waals surface area contributed by atoms with Crippen molar-refractivity contribution in [3.05, 3.63) is 24.0 Å². The Labute approximate surface area is 127 Å². The number of nitrogens with one attached hydrogen (secondary N) is 2. The molecule has 0 bridgehead atoms. The first kappa shape index (κ1) is 15.8. The lowest BCUT2D eigenvalue weighted by Gasteiger charge is -2.24. The molecule has 0 saturated heterocycles. The molecular weight excluding hydrogens is 264 g/mol. The summed E-state index contributed by atoms with van der Waals surface area (Å²) < 4.78 is 0. The molecule has 21 heavy (non-hydrogen) atoms. The highest BCUT2D eigenvalue weighted by atomic mass is 16.1. The fourth-order valence-corrected chi connectivity index (χ4v) is 2.82. The van der Waals surface area contributed by atoms with Crippen molar-refractivity contribution in [3.63, 3.8) is 0 Å². The summed E-state index contributed by atoms with van der Waals surface area (Å²) in [5, 5.41) is 6.14. The van der Waals surface area contributed by atoms with Crippen molar-refractivity contribution in [2.24, 2.45) is 0 Å². The number of anilines is 1. The van der Waals surface area contributed by atoms with E-state index in [0.29, 0.717) is 12.2 Å². The molecular formula is C16H26N4O. The number of likely N-dealkylation sites (N-methyl/N-ethyl adjacent to an activating group) is 1. The van der Waals surface area contributed by atoms with Gasteiger partial charge in [0.05, 0.1) is 0 Å². The molecule has 1 aromatic rings. The van der Waals surface area contributed by atoms with Gasteiger partial charge < -0.3 is 15.5 Å². The van der Waals surface area contributed by atoms with Gasteiger partial charge in [0.15, 0.2) is 0 Å². The average molecular weight is 290 g/mol. The molecule has 116 valence electrons. The lowest BCUT2D eigenvalue weighted by molar-refractivity contribution is 0.0951. The number of amides is 1. The van der Waals surface area contributed by atoms with E-state index < -0.39 is 0 Å². The molecule has 1 aliphatic carbocycles. The van der Waals surface area contributed by atoms with Gasteiger partial charge in [0.25, 0.3) is 5.91 Å². The molecule has 1 heterocycles. The van der Waals surface area contributed by atoms with Crippen molar-refractivity contribution in [2.75, 3.05) is 32.0 Å². The van der Waals surface area contributed by atoms with Crippen LogP contribution < -0.4 is 10.6 Å². The van der Waals surface area contributed by atoms with Gasteiger partial charge in [0, 0.05) is 37.6 Å². The van der Waals surface area contributed by atoms with Crippen LogP contribution in [0.1, 0.15) is 43.1 Å². The molecule has 2 N–H and O–H groups in total. The van der Waals surface area contributed by atoms with Crippen LogP contribution in [0.15, 0.2) is 18.3 Å². The molecule has 1 aromatic heterocycles. The molecule has 1 aliphatic rings. The van der Waals surface area contributed by atoms with E-state index in [0.717, 1.165) is 24.8 Å². The van der Waals surface area contributed by atoms with Crippen molar-refractivity contribution in [2.45, 2.75) is 38.6 Å². The minimum atomic E-state index is -0.121. The minimum Gasteiger partial charge on any atom is -0.384 e. The third-order valence-electron chi connectivity index (χ3n) is 4.07. The van der Waals surface area contributed by atoms with Crippen LogP contribution >= 0.6 is 0 Å². The lowest BCUT2D eigenvalue weighted by Crippen LogP contribution is -2.33. The topological polar surface area (TPSA) is 57.3 Å². The number of hydrogen-bond acceptors (Lipinski definition) is 4. The molecule has 0 spiro atoms. The Balaban J connectivity index is 1.80. The van der Waals surface area contributed by atoms with Gasteiger partial charge in [-0.25, -0.2) is 0 Å². The zero-order chi connectivity index (χ0) is 15.1. The first-order chi connectivity index (χ1) is 10.2. The standard InChI is InChI=1S/C16H26N4O/c1-3-17-16(21)15-12-13(8-9-19-15)18-10-11-20(2)14-6-4-5-7-14/h8-9,12,14H,3-7,10-11H2,1-2H3,(H,17,21)(H,18,19). The highest BCUT2D eigenvalue weighted by Gasteiger charge is 2.18. The summed E-state index contributed by atoms with van der Waals surface area (Å²) in [6.45, 7) is 4.42. The quantitative estimate of drug-likeness (QED) is 0.807. The van der Waals surface area contributed by atoms with Gasteiger partial charge in [0.2, 0.25) is 0 Å².